The molecule has 6 nitrogen and oxygen atoms in total. The molecule has 0 aromatic carbocycles. The van der Waals surface area contributed by atoms with Crippen LogP contribution in [-0.2, 0) is 7.05 Å². The van der Waals surface area contributed by atoms with Crippen LogP contribution in [0.1, 0.15) is 33.1 Å². The van der Waals surface area contributed by atoms with Crippen molar-refractivity contribution in [1.82, 2.24) is 25.5 Å². The smallest absolute Gasteiger partial charge is 0.209 e. The predicted molar refractivity (Wildman–Crippen MR) is 71.1 cm³/mol. The van der Waals surface area contributed by atoms with E-state index >= 15 is 0 Å². The zero-order valence-electron chi connectivity index (χ0n) is 11.2. The van der Waals surface area contributed by atoms with Crippen molar-refractivity contribution in [3.05, 3.63) is 0 Å². The van der Waals surface area contributed by atoms with Gasteiger partial charge in [-0.15, -0.1) is 5.10 Å². The van der Waals surface area contributed by atoms with E-state index in [0.29, 0.717) is 0 Å². The molecule has 0 saturated heterocycles. The Morgan fingerprint density at radius 1 is 1.50 bits per heavy atom. The summed E-state index contributed by atoms with van der Waals surface area (Å²) in [4.78, 5) is 0. The van der Waals surface area contributed by atoms with Gasteiger partial charge < -0.3 is 0 Å². The molecule has 1 atom stereocenters. The summed E-state index contributed by atoms with van der Waals surface area (Å²) < 4.78 is 1.66. The molecule has 0 aliphatic rings. The number of aromatic nitrogens is 4. The van der Waals surface area contributed by atoms with E-state index in [-0.39, 0.29) is 5.54 Å². The average Bonchev–Trinajstić information content (AvgIpc) is 2.79. The monoisotopic (exact) mass is 268 g/mol. The second-order valence-electron chi connectivity index (χ2n) is 4.11. The summed E-state index contributed by atoms with van der Waals surface area (Å²) in [6, 6.07) is 2.41. The van der Waals surface area contributed by atoms with E-state index in [9.17, 15) is 5.26 Å². The second kappa shape index (κ2) is 7.34. The lowest BCUT2D eigenvalue weighted by Crippen LogP contribution is -2.43. The lowest BCUT2D eigenvalue weighted by atomic mass is 9.92. The highest BCUT2D eigenvalue weighted by atomic mass is 32.2. The molecule has 0 radical (unpaired) electrons. The molecule has 1 rings (SSSR count). The summed E-state index contributed by atoms with van der Waals surface area (Å²) in [6.07, 6.45) is 2.64. The predicted octanol–water partition coefficient (Wildman–Crippen LogP) is 1.36. The molecule has 1 N–H and O–H groups in total. The standard InChI is InChI=1S/C11H20N6S/c1-4-11(9-12,13-5-2)7-6-8-18-10-14-15-16-17(10)3/h13H,4-8H2,1-3H3. The van der Waals surface area contributed by atoms with Gasteiger partial charge >= 0.3 is 0 Å². The number of aryl methyl sites for hydroxylation is 1. The van der Waals surface area contributed by atoms with Crippen LogP contribution in [-0.4, -0.2) is 38.0 Å². The summed E-state index contributed by atoms with van der Waals surface area (Å²) in [5.41, 5.74) is -0.382. The number of thioether (sulfide) groups is 1. The van der Waals surface area contributed by atoms with Gasteiger partial charge in [0.25, 0.3) is 0 Å². The van der Waals surface area contributed by atoms with E-state index in [0.717, 1.165) is 36.7 Å². The van der Waals surface area contributed by atoms with Crippen LogP contribution < -0.4 is 5.32 Å². The molecule has 0 aliphatic heterocycles. The molecular weight excluding hydrogens is 248 g/mol. The molecule has 0 saturated carbocycles. The Labute approximate surface area is 112 Å². The van der Waals surface area contributed by atoms with Crippen LogP contribution in [0, 0.1) is 11.3 Å². The van der Waals surface area contributed by atoms with Crippen LogP contribution in [0.4, 0.5) is 0 Å². The van der Waals surface area contributed by atoms with Crippen molar-refractivity contribution in [3.8, 4) is 6.07 Å². The van der Waals surface area contributed by atoms with Crippen LogP contribution in [0.5, 0.6) is 0 Å². The number of hydrogen-bond donors (Lipinski definition) is 1. The van der Waals surface area contributed by atoms with Gasteiger partial charge in [-0.1, -0.05) is 25.6 Å². The maximum absolute atomic E-state index is 9.28. The van der Waals surface area contributed by atoms with Crippen molar-refractivity contribution in [1.29, 1.82) is 5.26 Å². The molecule has 1 unspecified atom stereocenters. The van der Waals surface area contributed by atoms with Crippen molar-refractivity contribution < 1.29 is 0 Å². The van der Waals surface area contributed by atoms with Gasteiger partial charge in [0.1, 0.15) is 5.54 Å². The third-order valence-corrected chi connectivity index (χ3v) is 3.99. The second-order valence-corrected chi connectivity index (χ2v) is 5.18. The van der Waals surface area contributed by atoms with Crippen molar-refractivity contribution in [2.45, 2.75) is 43.8 Å². The van der Waals surface area contributed by atoms with Crippen molar-refractivity contribution in [2.24, 2.45) is 7.05 Å². The first kappa shape index (κ1) is 14.9. The SMILES string of the molecule is CCNC(C#N)(CC)CCCSc1nnnn1C. The summed E-state index contributed by atoms with van der Waals surface area (Å²) in [7, 11) is 1.83. The number of nitriles is 1. The molecule has 7 heteroatoms. The zero-order valence-corrected chi connectivity index (χ0v) is 12.0. The Hall–Kier alpha value is -1.13. The Kier molecular flexibility index (Phi) is 6.09. The van der Waals surface area contributed by atoms with Crippen molar-refractivity contribution in [2.75, 3.05) is 12.3 Å². The maximum atomic E-state index is 9.28. The van der Waals surface area contributed by atoms with Gasteiger partial charge in [0.2, 0.25) is 5.16 Å². The third kappa shape index (κ3) is 3.96. The number of hydrogen-bond acceptors (Lipinski definition) is 6. The first-order chi connectivity index (χ1) is 8.67. The third-order valence-electron chi connectivity index (χ3n) is 2.89. The number of nitrogens with one attached hydrogen (secondary N) is 1. The van der Waals surface area contributed by atoms with E-state index in [2.05, 4.69) is 26.9 Å². The molecule has 1 aromatic rings. The van der Waals surface area contributed by atoms with E-state index in [1.165, 1.54) is 0 Å². The lowest BCUT2D eigenvalue weighted by molar-refractivity contribution is 0.379. The van der Waals surface area contributed by atoms with E-state index < -0.39 is 0 Å². The summed E-state index contributed by atoms with van der Waals surface area (Å²) in [5.74, 6) is 0.920. The number of tetrazole rings is 1. The number of nitrogens with zero attached hydrogens (tertiary/aromatic N) is 5. The first-order valence-corrected chi connectivity index (χ1v) is 7.17. The van der Waals surface area contributed by atoms with Crippen LogP contribution in [0.3, 0.4) is 0 Å². The maximum Gasteiger partial charge on any atom is 0.209 e. The quantitative estimate of drug-likeness (QED) is 0.566. The molecular formula is C11H20N6S. The van der Waals surface area contributed by atoms with Crippen molar-refractivity contribution >= 4 is 11.8 Å². The summed E-state index contributed by atoms with van der Waals surface area (Å²) in [6.45, 7) is 4.90. The minimum absolute atomic E-state index is 0.382. The topological polar surface area (TPSA) is 79.4 Å². The Morgan fingerprint density at radius 3 is 2.78 bits per heavy atom. The number of rotatable bonds is 8. The molecule has 1 heterocycles. The average molecular weight is 268 g/mol. The fourth-order valence-electron chi connectivity index (χ4n) is 1.78. The van der Waals surface area contributed by atoms with Crippen LogP contribution in [0.15, 0.2) is 5.16 Å². The summed E-state index contributed by atoms with van der Waals surface area (Å²) >= 11 is 1.62. The molecule has 0 fully saturated rings. The highest BCUT2D eigenvalue weighted by Crippen LogP contribution is 2.20. The Bertz CT molecular complexity index is 398. The minimum atomic E-state index is -0.382. The highest BCUT2D eigenvalue weighted by molar-refractivity contribution is 7.99. The van der Waals surface area contributed by atoms with E-state index in [4.69, 9.17) is 0 Å². The molecule has 1 aromatic heterocycles. The normalized spacial score (nSPS) is 14.1. The Balaban J connectivity index is 2.36. The highest BCUT2D eigenvalue weighted by Gasteiger charge is 2.25. The largest absolute Gasteiger partial charge is 0.300 e. The van der Waals surface area contributed by atoms with Gasteiger partial charge in [-0.05, 0) is 36.2 Å². The van der Waals surface area contributed by atoms with E-state index in [1.807, 2.05) is 20.9 Å². The van der Waals surface area contributed by atoms with Gasteiger partial charge in [-0.3, -0.25) is 5.32 Å². The molecule has 0 spiro atoms. The van der Waals surface area contributed by atoms with Crippen molar-refractivity contribution in [3.63, 3.8) is 0 Å². The van der Waals surface area contributed by atoms with Crippen LogP contribution >= 0.6 is 11.8 Å². The summed E-state index contributed by atoms with van der Waals surface area (Å²) in [5, 5.41) is 24.7. The Morgan fingerprint density at radius 2 is 2.28 bits per heavy atom. The van der Waals surface area contributed by atoms with E-state index in [1.54, 1.807) is 16.4 Å². The molecule has 0 amide bonds. The molecule has 0 aliphatic carbocycles. The fourth-order valence-corrected chi connectivity index (χ4v) is 2.57. The lowest BCUT2D eigenvalue weighted by Gasteiger charge is -2.25. The minimum Gasteiger partial charge on any atom is -0.300 e. The first-order valence-electron chi connectivity index (χ1n) is 6.19. The van der Waals surface area contributed by atoms with Gasteiger partial charge in [-0.25, -0.2) is 4.68 Å². The van der Waals surface area contributed by atoms with Crippen LogP contribution in [0.25, 0.3) is 0 Å². The van der Waals surface area contributed by atoms with Gasteiger partial charge in [0.05, 0.1) is 6.07 Å². The molecule has 18 heavy (non-hydrogen) atoms. The fraction of sp³-hybridized carbons (Fsp3) is 0.818. The molecule has 100 valence electrons. The van der Waals surface area contributed by atoms with Gasteiger partial charge in [0, 0.05) is 12.8 Å². The van der Waals surface area contributed by atoms with Gasteiger partial charge in [0.15, 0.2) is 0 Å². The molecule has 0 bridgehead atoms. The van der Waals surface area contributed by atoms with Crippen LogP contribution in [0.2, 0.25) is 0 Å². The van der Waals surface area contributed by atoms with Gasteiger partial charge in [-0.2, -0.15) is 5.26 Å². The zero-order chi connectivity index (χ0) is 13.4.